The number of hydrogen-bond donors (Lipinski definition) is 1. The number of benzene rings is 1. The third-order valence-electron chi connectivity index (χ3n) is 5.31. The Morgan fingerprint density at radius 2 is 2.17 bits per heavy atom. The van der Waals surface area contributed by atoms with E-state index < -0.39 is 0 Å². The molecule has 2 aliphatic heterocycles. The van der Waals surface area contributed by atoms with E-state index in [-0.39, 0.29) is 0 Å². The van der Waals surface area contributed by atoms with E-state index >= 15 is 0 Å². The number of nitrogens with zero attached hydrogens (tertiary/aromatic N) is 2. The molecule has 4 rings (SSSR count). The summed E-state index contributed by atoms with van der Waals surface area (Å²) in [5.74, 6) is 2.37. The van der Waals surface area contributed by atoms with Crippen molar-refractivity contribution < 1.29 is 9.15 Å². The summed E-state index contributed by atoms with van der Waals surface area (Å²) in [4.78, 5) is 7.02. The van der Waals surface area contributed by atoms with Crippen molar-refractivity contribution in [2.75, 3.05) is 38.2 Å². The molecule has 124 valence electrons. The lowest BCUT2D eigenvalue weighted by Crippen LogP contribution is -2.43. The number of piperidine rings is 2. The molecule has 1 aromatic heterocycles. The van der Waals surface area contributed by atoms with E-state index in [9.17, 15) is 0 Å². The Labute approximate surface area is 137 Å². The maximum Gasteiger partial charge on any atom is 0.298 e. The van der Waals surface area contributed by atoms with Crippen LogP contribution in [0.3, 0.4) is 0 Å². The smallest absolute Gasteiger partial charge is 0.298 e. The lowest BCUT2D eigenvalue weighted by molar-refractivity contribution is 0.231. The van der Waals surface area contributed by atoms with Crippen LogP contribution in [0.4, 0.5) is 6.01 Å². The molecule has 3 heterocycles. The van der Waals surface area contributed by atoms with Gasteiger partial charge in [0.25, 0.3) is 6.01 Å². The fourth-order valence-corrected chi connectivity index (χ4v) is 4.01. The molecule has 2 atom stereocenters. The highest BCUT2D eigenvalue weighted by molar-refractivity contribution is 5.76. The highest BCUT2D eigenvalue weighted by atomic mass is 16.5. The first kappa shape index (κ1) is 14.8. The molecule has 1 N–H and O–H groups in total. The van der Waals surface area contributed by atoms with Crippen LogP contribution >= 0.6 is 0 Å². The van der Waals surface area contributed by atoms with E-state index in [2.05, 4.69) is 15.2 Å². The molecular formula is C18H25N3O2. The lowest BCUT2D eigenvalue weighted by Gasteiger charge is -2.38. The van der Waals surface area contributed by atoms with Crippen molar-refractivity contribution in [2.45, 2.75) is 25.7 Å². The number of ether oxygens (including phenoxy) is 1. The molecule has 5 nitrogen and oxygen atoms in total. The maximum atomic E-state index is 5.99. The summed E-state index contributed by atoms with van der Waals surface area (Å²) in [7, 11) is 1.68. The molecule has 2 saturated heterocycles. The molecule has 0 radical (unpaired) electrons. The zero-order chi connectivity index (χ0) is 15.6. The van der Waals surface area contributed by atoms with E-state index in [0.29, 0.717) is 0 Å². The van der Waals surface area contributed by atoms with Gasteiger partial charge in [-0.05, 0) is 62.7 Å². The SMILES string of the molecule is COc1ccc2oc(N3CCCC(C4CCCNC4)C3)nc2c1. The molecule has 0 spiro atoms. The van der Waals surface area contributed by atoms with Crippen LogP contribution in [0, 0.1) is 11.8 Å². The second-order valence-electron chi connectivity index (χ2n) is 6.78. The monoisotopic (exact) mass is 315 g/mol. The van der Waals surface area contributed by atoms with Crippen LogP contribution in [0.25, 0.3) is 11.1 Å². The van der Waals surface area contributed by atoms with Crippen LogP contribution < -0.4 is 15.0 Å². The quantitative estimate of drug-likeness (QED) is 0.943. The first-order valence-electron chi connectivity index (χ1n) is 8.74. The second kappa shape index (κ2) is 6.40. The zero-order valence-corrected chi connectivity index (χ0v) is 13.8. The van der Waals surface area contributed by atoms with Crippen molar-refractivity contribution in [3.63, 3.8) is 0 Å². The van der Waals surface area contributed by atoms with Gasteiger partial charge in [0.1, 0.15) is 11.3 Å². The molecule has 2 aliphatic rings. The van der Waals surface area contributed by atoms with Gasteiger partial charge >= 0.3 is 0 Å². The van der Waals surface area contributed by atoms with Gasteiger partial charge < -0.3 is 19.4 Å². The Morgan fingerprint density at radius 3 is 3.00 bits per heavy atom. The number of fused-ring (bicyclic) bond motifs is 1. The van der Waals surface area contributed by atoms with E-state index in [1.165, 1.54) is 38.8 Å². The van der Waals surface area contributed by atoms with E-state index in [1.807, 2.05) is 18.2 Å². The standard InChI is InChI=1S/C18H25N3O2/c1-22-15-6-7-17-16(10-15)20-18(23-17)21-9-3-5-14(12-21)13-4-2-8-19-11-13/h6-7,10,13-14,19H,2-5,8-9,11-12H2,1H3. The number of rotatable bonds is 3. The summed E-state index contributed by atoms with van der Waals surface area (Å²) >= 11 is 0. The number of methoxy groups -OCH3 is 1. The summed E-state index contributed by atoms with van der Waals surface area (Å²) in [6, 6.07) is 6.57. The Bertz CT molecular complexity index is 663. The normalized spacial score (nSPS) is 25.7. The first-order valence-corrected chi connectivity index (χ1v) is 8.74. The van der Waals surface area contributed by atoms with Crippen LogP contribution in [0.2, 0.25) is 0 Å². The van der Waals surface area contributed by atoms with Gasteiger partial charge in [-0.3, -0.25) is 0 Å². The largest absolute Gasteiger partial charge is 0.497 e. The minimum atomic E-state index is 0.751. The molecule has 2 aromatic rings. The highest BCUT2D eigenvalue weighted by Gasteiger charge is 2.30. The summed E-state index contributed by atoms with van der Waals surface area (Å²) in [5.41, 5.74) is 1.71. The van der Waals surface area contributed by atoms with Crippen molar-refractivity contribution in [1.82, 2.24) is 10.3 Å². The fourth-order valence-electron chi connectivity index (χ4n) is 4.01. The van der Waals surface area contributed by atoms with Crippen LogP contribution in [0.5, 0.6) is 5.75 Å². The highest BCUT2D eigenvalue weighted by Crippen LogP contribution is 2.32. The molecule has 2 fully saturated rings. The average molecular weight is 315 g/mol. The second-order valence-corrected chi connectivity index (χ2v) is 6.78. The number of anilines is 1. The minimum Gasteiger partial charge on any atom is -0.497 e. The molecular weight excluding hydrogens is 290 g/mol. The van der Waals surface area contributed by atoms with E-state index in [4.69, 9.17) is 9.15 Å². The van der Waals surface area contributed by atoms with Crippen molar-refractivity contribution >= 4 is 17.1 Å². The van der Waals surface area contributed by atoms with Gasteiger partial charge in [-0.25, -0.2) is 0 Å². The first-order chi connectivity index (χ1) is 11.3. The predicted molar refractivity (Wildman–Crippen MR) is 91.1 cm³/mol. The number of nitrogens with one attached hydrogen (secondary N) is 1. The van der Waals surface area contributed by atoms with Gasteiger partial charge in [-0.2, -0.15) is 4.98 Å². The van der Waals surface area contributed by atoms with Crippen LogP contribution in [-0.2, 0) is 0 Å². The van der Waals surface area contributed by atoms with Gasteiger partial charge in [0, 0.05) is 19.2 Å². The third kappa shape index (κ3) is 3.02. The maximum absolute atomic E-state index is 5.99. The Balaban J connectivity index is 1.52. The van der Waals surface area contributed by atoms with Gasteiger partial charge in [-0.1, -0.05) is 0 Å². The Morgan fingerprint density at radius 1 is 1.26 bits per heavy atom. The summed E-state index contributed by atoms with van der Waals surface area (Å²) in [5, 5.41) is 3.55. The Kier molecular flexibility index (Phi) is 4.12. The molecule has 0 saturated carbocycles. The number of aromatic nitrogens is 1. The van der Waals surface area contributed by atoms with Crippen LogP contribution in [0.15, 0.2) is 22.6 Å². The van der Waals surface area contributed by atoms with Gasteiger partial charge in [0.05, 0.1) is 7.11 Å². The molecule has 0 aliphatic carbocycles. The fraction of sp³-hybridized carbons (Fsp3) is 0.611. The molecule has 5 heteroatoms. The van der Waals surface area contributed by atoms with Crippen molar-refractivity contribution in [3.8, 4) is 5.75 Å². The molecule has 0 bridgehead atoms. The summed E-state index contributed by atoms with van der Waals surface area (Å²) in [6.07, 6.45) is 5.22. The molecule has 2 unspecified atom stereocenters. The van der Waals surface area contributed by atoms with Crippen molar-refractivity contribution in [1.29, 1.82) is 0 Å². The Hall–Kier alpha value is -1.75. The summed E-state index contributed by atoms with van der Waals surface area (Å²) in [6.45, 7) is 4.46. The summed E-state index contributed by atoms with van der Waals surface area (Å²) < 4.78 is 11.3. The van der Waals surface area contributed by atoms with E-state index in [0.717, 1.165) is 47.8 Å². The van der Waals surface area contributed by atoms with Gasteiger partial charge in [0.15, 0.2) is 5.58 Å². The number of oxazole rings is 1. The van der Waals surface area contributed by atoms with Gasteiger partial charge in [0.2, 0.25) is 0 Å². The minimum absolute atomic E-state index is 0.751. The molecule has 1 aromatic carbocycles. The van der Waals surface area contributed by atoms with Crippen molar-refractivity contribution in [2.24, 2.45) is 11.8 Å². The predicted octanol–water partition coefficient (Wildman–Crippen LogP) is 3.05. The van der Waals surface area contributed by atoms with Gasteiger partial charge in [-0.15, -0.1) is 0 Å². The third-order valence-corrected chi connectivity index (χ3v) is 5.31. The lowest BCUT2D eigenvalue weighted by atomic mass is 9.81. The van der Waals surface area contributed by atoms with E-state index in [1.54, 1.807) is 7.11 Å². The van der Waals surface area contributed by atoms with Crippen LogP contribution in [-0.4, -0.2) is 38.3 Å². The topological polar surface area (TPSA) is 50.5 Å². The van der Waals surface area contributed by atoms with Crippen LogP contribution in [0.1, 0.15) is 25.7 Å². The number of hydrogen-bond acceptors (Lipinski definition) is 5. The average Bonchev–Trinajstić information content (AvgIpc) is 3.06. The van der Waals surface area contributed by atoms with Crippen molar-refractivity contribution in [3.05, 3.63) is 18.2 Å². The molecule has 0 amide bonds. The zero-order valence-electron chi connectivity index (χ0n) is 13.8. The molecule has 23 heavy (non-hydrogen) atoms.